The molecule has 0 atom stereocenters. The first-order chi connectivity index (χ1) is 12.6. The van der Waals surface area contributed by atoms with Crippen molar-refractivity contribution in [2.24, 2.45) is 0 Å². The normalized spacial score (nSPS) is 10.5. The molecule has 0 spiro atoms. The SMILES string of the molecule is Cc1cc(=O)c(C(=O)NCc2ccccc2)c(C)n1Cc1ccccc1. The average Bonchev–Trinajstić information content (AvgIpc) is 2.65. The Balaban J connectivity index is 1.88. The Labute approximate surface area is 153 Å². The molecule has 3 aromatic rings. The highest BCUT2D eigenvalue weighted by Crippen LogP contribution is 2.12. The van der Waals surface area contributed by atoms with Gasteiger partial charge in [0.05, 0.1) is 0 Å². The fourth-order valence-electron chi connectivity index (χ4n) is 3.07. The molecule has 0 fully saturated rings. The van der Waals surface area contributed by atoms with Gasteiger partial charge in [0.15, 0.2) is 5.43 Å². The van der Waals surface area contributed by atoms with Crippen molar-refractivity contribution in [2.75, 3.05) is 0 Å². The summed E-state index contributed by atoms with van der Waals surface area (Å²) < 4.78 is 2.01. The minimum absolute atomic E-state index is 0.211. The number of aryl methyl sites for hydroxylation is 1. The van der Waals surface area contributed by atoms with Gasteiger partial charge in [0.25, 0.3) is 5.91 Å². The van der Waals surface area contributed by atoms with Crippen LogP contribution >= 0.6 is 0 Å². The molecule has 1 amide bonds. The van der Waals surface area contributed by atoms with Crippen LogP contribution in [-0.2, 0) is 13.1 Å². The van der Waals surface area contributed by atoms with Crippen molar-refractivity contribution < 1.29 is 4.79 Å². The molecule has 26 heavy (non-hydrogen) atoms. The van der Waals surface area contributed by atoms with E-state index < -0.39 is 0 Å². The second-order valence-electron chi connectivity index (χ2n) is 6.35. The van der Waals surface area contributed by atoms with Gasteiger partial charge in [0.1, 0.15) is 5.56 Å². The van der Waals surface area contributed by atoms with Crippen LogP contribution in [-0.4, -0.2) is 10.5 Å². The number of hydrogen-bond donors (Lipinski definition) is 1. The third-order valence-electron chi connectivity index (χ3n) is 4.49. The lowest BCUT2D eigenvalue weighted by Gasteiger charge is -2.17. The van der Waals surface area contributed by atoms with Crippen LogP contribution in [0, 0.1) is 13.8 Å². The Morgan fingerprint density at radius 1 is 0.923 bits per heavy atom. The molecule has 4 heteroatoms. The molecule has 0 aliphatic heterocycles. The average molecular weight is 346 g/mol. The molecule has 0 aliphatic carbocycles. The lowest BCUT2D eigenvalue weighted by atomic mass is 10.1. The maximum Gasteiger partial charge on any atom is 0.257 e. The maximum atomic E-state index is 12.7. The molecule has 0 aliphatic rings. The van der Waals surface area contributed by atoms with Gasteiger partial charge in [-0.3, -0.25) is 9.59 Å². The Morgan fingerprint density at radius 3 is 2.12 bits per heavy atom. The molecule has 4 nitrogen and oxygen atoms in total. The minimum atomic E-state index is -0.335. The van der Waals surface area contributed by atoms with Crippen LogP contribution in [0.2, 0.25) is 0 Å². The molecule has 1 aromatic heterocycles. The van der Waals surface area contributed by atoms with Crippen molar-refractivity contribution in [3.8, 4) is 0 Å². The largest absolute Gasteiger partial charge is 0.348 e. The van der Waals surface area contributed by atoms with Gasteiger partial charge in [-0.1, -0.05) is 60.7 Å². The zero-order chi connectivity index (χ0) is 18.5. The third-order valence-corrected chi connectivity index (χ3v) is 4.49. The van der Waals surface area contributed by atoms with Crippen molar-refractivity contribution >= 4 is 5.91 Å². The van der Waals surface area contributed by atoms with Gasteiger partial charge in [-0.25, -0.2) is 0 Å². The number of nitrogens with one attached hydrogen (secondary N) is 1. The van der Waals surface area contributed by atoms with E-state index in [0.717, 1.165) is 16.8 Å². The molecular formula is C22H22N2O2. The van der Waals surface area contributed by atoms with Crippen LogP contribution < -0.4 is 10.7 Å². The quantitative estimate of drug-likeness (QED) is 0.769. The van der Waals surface area contributed by atoms with E-state index in [0.29, 0.717) is 18.8 Å². The van der Waals surface area contributed by atoms with E-state index >= 15 is 0 Å². The summed E-state index contributed by atoms with van der Waals surface area (Å²) in [5.41, 5.74) is 3.62. The molecule has 1 N–H and O–H groups in total. The molecule has 2 aromatic carbocycles. The van der Waals surface area contributed by atoms with Crippen molar-refractivity contribution in [2.45, 2.75) is 26.9 Å². The molecule has 0 bridgehead atoms. The molecule has 1 heterocycles. The lowest BCUT2D eigenvalue weighted by Crippen LogP contribution is -2.31. The topological polar surface area (TPSA) is 51.1 Å². The van der Waals surface area contributed by atoms with Gasteiger partial charge in [-0.05, 0) is 25.0 Å². The minimum Gasteiger partial charge on any atom is -0.348 e. The molecule has 0 unspecified atom stereocenters. The van der Waals surface area contributed by atoms with E-state index in [1.807, 2.05) is 79.1 Å². The Hall–Kier alpha value is -3.14. The number of nitrogens with zero attached hydrogens (tertiary/aromatic N) is 1. The van der Waals surface area contributed by atoms with E-state index in [1.165, 1.54) is 6.07 Å². The number of carbonyl (C=O) groups excluding carboxylic acids is 1. The highest BCUT2D eigenvalue weighted by Gasteiger charge is 2.17. The van der Waals surface area contributed by atoms with Gasteiger partial charge in [0, 0.05) is 30.5 Å². The monoisotopic (exact) mass is 346 g/mol. The highest BCUT2D eigenvalue weighted by molar-refractivity contribution is 5.95. The number of benzene rings is 2. The van der Waals surface area contributed by atoms with Gasteiger partial charge in [-0.15, -0.1) is 0 Å². The van der Waals surface area contributed by atoms with E-state index in [1.54, 1.807) is 0 Å². The lowest BCUT2D eigenvalue weighted by molar-refractivity contribution is 0.0948. The van der Waals surface area contributed by atoms with E-state index in [-0.39, 0.29) is 16.9 Å². The van der Waals surface area contributed by atoms with Gasteiger partial charge in [-0.2, -0.15) is 0 Å². The van der Waals surface area contributed by atoms with Crippen molar-refractivity contribution in [3.63, 3.8) is 0 Å². The zero-order valence-corrected chi connectivity index (χ0v) is 15.0. The molecule has 0 saturated carbocycles. The maximum absolute atomic E-state index is 12.7. The first kappa shape index (κ1) is 17.7. The molecule has 0 radical (unpaired) electrons. The predicted octanol–water partition coefficient (Wildman–Crippen LogP) is 3.44. The fourth-order valence-corrected chi connectivity index (χ4v) is 3.07. The van der Waals surface area contributed by atoms with Crippen molar-refractivity contribution in [3.05, 3.63) is 105 Å². The second kappa shape index (κ2) is 7.83. The smallest absolute Gasteiger partial charge is 0.257 e. The summed E-state index contributed by atoms with van der Waals surface area (Å²) in [7, 11) is 0. The number of pyridine rings is 1. The van der Waals surface area contributed by atoms with Gasteiger partial charge >= 0.3 is 0 Å². The van der Waals surface area contributed by atoms with Crippen molar-refractivity contribution in [1.29, 1.82) is 0 Å². The van der Waals surface area contributed by atoms with Gasteiger partial charge < -0.3 is 9.88 Å². The third kappa shape index (κ3) is 3.91. The Kier molecular flexibility index (Phi) is 5.32. The summed E-state index contributed by atoms with van der Waals surface area (Å²) in [4.78, 5) is 25.1. The van der Waals surface area contributed by atoms with Crippen molar-refractivity contribution in [1.82, 2.24) is 9.88 Å². The van der Waals surface area contributed by atoms with E-state index in [9.17, 15) is 9.59 Å². The Bertz CT molecular complexity index is 961. The summed E-state index contributed by atoms with van der Waals surface area (Å²) in [6, 6.07) is 21.2. The molecule has 3 rings (SSSR count). The summed E-state index contributed by atoms with van der Waals surface area (Å²) in [6.07, 6.45) is 0. The first-order valence-electron chi connectivity index (χ1n) is 8.63. The first-order valence-corrected chi connectivity index (χ1v) is 8.63. The van der Waals surface area contributed by atoms with E-state index in [2.05, 4.69) is 5.32 Å². The molecule has 0 saturated heterocycles. The number of carbonyl (C=O) groups is 1. The van der Waals surface area contributed by atoms with Crippen LogP contribution in [0.1, 0.15) is 32.9 Å². The van der Waals surface area contributed by atoms with Crippen LogP contribution in [0.5, 0.6) is 0 Å². The standard InChI is InChI=1S/C22H22N2O2/c1-16-13-20(25)21(22(26)23-14-18-9-5-3-6-10-18)17(2)24(16)15-19-11-7-4-8-12-19/h3-13H,14-15H2,1-2H3,(H,23,26). The summed E-state index contributed by atoms with van der Waals surface area (Å²) >= 11 is 0. The Morgan fingerprint density at radius 2 is 1.50 bits per heavy atom. The summed E-state index contributed by atoms with van der Waals surface area (Å²) in [6.45, 7) is 4.74. The number of hydrogen-bond acceptors (Lipinski definition) is 2. The summed E-state index contributed by atoms with van der Waals surface area (Å²) in [5.74, 6) is -0.335. The van der Waals surface area contributed by atoms with Gasteiger partial charge in [0.2, 0.25) is 0 Å². The second-order valence-corrected chi connectivity index (χ2v) is 6.35. The number of amides is 1. The van der Waals surface area contributed by atoms with Crippen LogP contribution in [0.15, 0.2) is 71.5 Å². The number of aromatic nitrogens is 1. The summed E-state index contributed by atoms with van der Waals surface area (Å²) in [5, 5.41) is 2.86. The highest BCUT2D eigenvalue weighted by atomic mass is 16.2. The zero-order valence-electron chi connectivity index (χ0n) is 15.0. The molecule has 132 valence electrons. The van der Waals surface area contributed by atoms with E-state index in [4.69, 9.17) is 0 Å². The van der Waals surface area contributed by atoms with Crippen LogP contribution in [0.3, 0.4) is 0 Å². The van der Waals surface area contributed by atoms with Crippen LogP contribution in [0.25, 0.3) is 0 Å². The number of rotatable bonds is 5. The predicted molar refractivity (Wildman–Crippen MR) is 103 cm³/mol. The fraction of sp³-hybridized carbons (Fsp3) is 0.182. The molecular weight excluding hydrogens is 324 g/mol. The van der Waals surface area contributed by atoms with Crippen LogP contribution in [0.4, 0.5) is 0 Å².